The highest BCUT2D eigenvalue weighted by molar-refractivity contribution is 5.71. The minimum atomic E-state index is 0.492. The minimum absolute atomic E-state index is 0.492. The summed E-state index contributed by atoms with van der Waals surface area (Å²) in [7, 11) is 1.85. The van der Waals surface area contributed by atoms with Crippen LogP contribution in [0.3, 0.4) is 0 Å². The first kappa shape index (κ1) is 16.0. The second-order valence-corrected chi connectivity index (χ2v) is 8.29. The number of fused-ring (bicyclic) bond motifs is 2. The van der Waals surface area contributed by atoms with Crippen molar-refractivity contribution in [3.63, 3.8) is 0 Å². The first-order chi connectivity index (χ1) is 12.3. The third-order valence-corrected chi connectivity index (χ3v) is 6.55. The Hall–Kier alpha value is -1.26. The van der Waals surface area contributed by atoms with E-state index in [0.717, 1.165) is 50.2 Å². The van der Waals surface area contributed by atoms with E-state index in [1.165, 1.54) is 49.9 Å². The number of hydrogen-bond donors (Lipinski definition) is 1. The van der Waals surface area contributed by atoms with Crippen molar-refractivity contribution in [3.8, 4) is 5.75 Å². The highest BCUT2D eigenvalue weighted by Gasteiger charge is 2.37. The summed E-state index contributed by atoms with van der Waals surface area (Å²) >= 11 is 0. The summed E-state index contributed by atoms with van der Waals surface area (Å²) < 4.78 is 11.7. The molecule has 0 amide bonds. The first-order valence-corrected chi connectivity index (χ1v) is 10.1. The Balaban J connectivity index is 1.50. The molecule has 2 heterocycles. The van der Waals surface area contributed by atoms with Gasteiger partial charge < -0.3 is 19.7 Å². The van der Waals surface area contributed by atoms with Gasteiger partial charge in [-0.25, -0.2) is 0 Å². The normalized spacial score (nSPS) is 28.4. The first-order valence-electron chi connectivity index (χ1n) is 10.1. The van der Waals surface area contributed by atoms with Crippen LogP contribution in [0.2, 0.25) is 0 Å². The van der Waals surface area contributed by atoms with Crippen molar-refractivity contribution >= 4 is 5.69 Å². The van der Waals surface area contributed by atoms with Crippen molar-refractivity contribution in [1.29, 1.82) is 0 Å². The van der Waals surface area contributed by atoms with Gasteiger partial charge in [0.05, 0.1) is 18.3 Å². The predicted octanol–water partition coefficient (Wildman–Crippen LogP) is 2.88. The fourth-order valence-electron chi connectivity index (χ4n) is 4.98. The Morgan fingerprint density at radius 1 is 1.24 bits per heavy atom. The van der Waals surface area contributed by atoms with Crippen LogP contribution in [0.4, 0.5) is 5.69 Å². The van der Waals surface area contributed by atoms with Crippen molar-refractivity contribution in [2.45, 2.75) is 50.5 Å². The monoisotopic (exact) mass is 342 g/mol. The van der Waals surface area contributed by atoms with Gasteiger partial charge >= 0.3 is 0 Å². The molecule has 2 fully saturated rings. The molecular formula is C21H30N2O2. The van der Waals surface area contributed by atoms with Gasteiger partial charge in [0.15, 0.2) is 0 Å². The number of benzene rings is 1. The van der Waals surface area contributed by atoms with Crippen LogP contribution in [-0.2, 0) is 17.6 Å². The number of nitrogens with zero attached hydrogens (tertiary/aromatic N) is 1. The van der Waals surface area contributed by atoms with E-state index in [2.05, 4.69) is 16.3 Å². The zero-order chi connectivity index (χ0) is 16.8. The van der Waals surface area contributed by atoms with Crippen molar-refractivity contribution < 1.29 is 9.47 Å². The molecule has 0 saturated heterocycles. The van der Waals surface area contributed by atoms with E-state index in [1.807, 2.05) is 7.11 Å². The maximum absolute atomic E-state index is 6.17. The molecule has 25 heavy (non-hydrogen) atoms. The smallest absolute Gasteiger partial charge is 0.143 e. The van der Waals surface area contributed by atoms with Gasteiger partial charge in [-0.15, -0.1) is 0 Å². The van der Waals surface area contributed by atoms with Crippen LogP contribution in [-0.4, -0.2) is 46.0 Å². The Bertz CT molecular complexity index is 650. The lowest BCUT2D eigenvalue weighted by Crippen LogP contribution is -2.43. The second-order valence-electron chi connectivity index (χ2n) is 8.29. The van der Waals surface area contributed by atoms with Crippen molar-refractivity contribution in [3.05, 3.63) is 22.8 Å². The number of rotatable bonds is 4. The summed E-state index contributed by atoms with van der Waals surface area (Å²) in [4.78, 5) is 2.65. The lowest BCUT2D eigenvalue weighted by Gasteiger charge is -2.41. The van der Waals surface area contributed by atoms with Crippen molar-refractivity contribution in [1.82, 2.24) is 5.32 Å². The van der Waals surface area contributed by atoms with E-state index in [9.17, 15) is 0 Å². The second kappa shape index (κ2) is 6.48. The average molecular weight is 342 g/mol. The topological polar surface area (TPSA) is 33.7 Å². The molecule has 0 unspecified atom stereocenters. The molecule has 4 nitrogen and oxygen atoms in total. The van der Waals surface area contributed by atoms with Gasteiger partial charge in [0.25, 0.3) is 0 Å². The van der Waals surface area contributed by atoms with Gasteiger partial charge in [-0.1, -0.05) is 0 Å². The van der Waals surface area contributed by atoms with Crippen LogP contribution < -0.4 is 15.0 Å². The van der Waals surface area contributed by atoms with E-state index in [0.29, 0.717) is 6.10 Å². The van der Waals surface area contributed by atoms with E-state index >= 15 is 0 Å². The van der Waals surface area contributed by atoms with E-state index < -0.39 is 0 Å². The lowest BCUT2D eigenvalue weighted by atomic mass is 9.81. The van der Waals surface area contributed by atoms with Gasteiger partial charge in [-0.2, -0.15) is 0 Å². The van der Waals surface area contributed by atoms with Crippen LogP contribution >= 0.6 is 0 Å². The summed E-state index contributed by atoms with van der Waals surface area (Å²) in [6, 6.07) is 2.37. The summed E-state index contributed by atoms with van der Waals surface area (Å²) in [6.07, 6.45) is 7.97. The molecule has 0 atom stereocenters. The van der Waals surface area contributed by atoms with Gasteiger partial charge in [0.2, 0.25) is 0 Å². The van der Waals surface area contributed by atoms with E-state index in [-0.39, 0.29) is 0 Å². The number of ether oxygens (including phenoxy) is 2. The number of hydrogen-bond acceptors (Lipinski definition) is 4. The highest BCUT2D eigenvalue weighted by Crippen LogP contribution is 2.52. The fraction of sp³-hybridized carbons (Fsp3) is 0.714. The molecule has 4 aliphatic rings. The Kier molecular flexibility index (Phi) is 4.13. The van der Waals surface area contributed by atoms with Crippen LogP contribution in [0.15, 0.2) is 6.07 Å². The predicted molar refractivity (Wildman–Crippen MR) is 99.9 cm³/mol. The van der Waals surface area contributed by atoms with Gasteiger partial charge in [0, 0.05) is 13.7 Å². The molecule has 1 aromatic rings. The largest absolute Gasteiger partial charge is 0.490 e. The van der Waals surface area contributed by atoms with Crippen LogP contribution in [0.1, 0.15) is 48.3 Å². The van der Waals surface area contributed by atoms with Gasteiger partial charge in [-0.05, 0) is 86.2 Å². The molecule has 0 bridgehead atoms. The summed E-state index contributed by atoms with van der Waals surface area (Å²) in [6.45, 7) is 5.25. The van der Waals surface area contributed by atoms with E-state index in [1.54, 1.807) is 11.1 Å². The molecule has 1 aromatic carbocycles. The van der Waals surface area contributed by atoms with Gasteiger partial charge in [0.1, 0.15) is 12.4 Å². The summed E-state index contributed by atoms with van der Waals surface area (Å²) in [5.74, 6) is 2.72. The molecule has 0 spiro atoms. The molecule has 2 aliphatic heterocycles. The maximum Gasteiger partial charge on any atom is 0.143 e. The molecule has 1 N–H and O–H groups in total. The number of anilines is 1. The molecule has 2 aliphatic carbocycles. The fourth-order valence-corrected chi connectivity index (χ4v) is 4.98. The molecule has 136 valence electrons. The quantitative estimate of drug-likeness (QED) is 0.912. The number of nitrogens with one attached hydrogen (secondary N) is 1. The molecule has 5 rings (SSSR count). The lowest BCUT2D eigenvalue weighted by molar-refractivity contribution is 0.00340. The minimum Gasteiger partial charge on any atom is -0.490 e. The van der Waals surface area contributed by atoms with E-state index in [4.69, 9.17) is 9.47 Å². The Morgan fingerprint density at radius 3 is 2.88 bits per heavy atom. The molecule has 0 radical (unpaired) electrons. The Morgan fingerprint density at radius 2 is 2.08 bits per heavy atom. The summed E-state index contributed by atoms with van der Waals surface area (Å²) in [5.41, 5.74) is 6.29. The number of methoxy groups -OCH3 is 1. The van der Waals surface area contributed by atoms with Crippen molar-refractivity contribution in [2.75, 3.05) is 44.8 Å². The summed E-state index contributed by atoms with van der Waals surface area (Å²) in [5, 5.41) is 3.58. The van der Waals surface area contributed by atoms with Crippen LogP contribution in [0, 0.1) is 5.92 Å². The third kappa shape index (κ3) is 2.93. The average Bonchev–Trinajstić information content (AvgIpc) is 3.42. The highest BCUT2D eigenvalue weighted by atomic mass is 16.5. The van der Waals surface area contributed by atoms with Crippen molar-refractivity contribution in [2.24, 2.45) is 5.92 Å². The molecular weight excluding hydrogens is 312 g/mol. The zero-order valence-electron chi connectivity index (χ0n) is 15.4. The standard InChI is InChI=1S/C21H30N2O2/c1-24-17-10-14(11-17)13-23-8-9-25-19-12-16-4-6-22-7-5-18(16)20(21(19)23)15-2-3-15/h12,14-15,17,22H,2-11,13H2,1H3. The third-order valence-electron chi connectivity index (χ3n) is 6.55. The Labute approximate surface area is 150 Å². The SMILES string of the molecule is COC1CC(CN2CCOc3cc4c(c(C5CC5)c32)CCNCC4)C1. The molecule has 4 heteroatoms. The molecule has 2 saturated carbocycles. The van der Waals surface area contributed by atoms with Crippen LogP contribution in [0.25, 0.3) is 0 Å². The molecule has 0 aromatic heterocycles. The maximum atomic E-state index is 6.17. The van der Waals surface area contributed by atoms with Crippen LogP contribution in [0.5, 0.6) is 5.75 Å². The van der Waals surface area contributed by atoms with Gasteiger partial charge in [-0.3, -0.25) is 0 Å². The zero-order valence-corrected chi connectivity index (χ0v) is 15.4.